The number of aliphatic carboxylic acids is 1. The second-order valence-corrected chi connectivity index (χ2v) is 9.99. The Labute approximate surface area is 244 Å². The number of aliphatic hydroxyl groups is 3. The predicted octanol–water partition coefficient (Wildman–Crippen LogP) is 2.80. The molecule has 12 heteroatoms. The molecule has 0 unspecified atom stereocenters. The summed E-state index contributed by atoms with van der Waals surface area (Å²) in [5.41, 5.74) is 0.475. The molecule has 0 spiro atoms. The number of carboxylic acid groups (broad SMARTS) is 1. The van der Waals surface area contributed by atoms with Crippen molar-refractivity contribution in [1.82, 2.24) is 0 Å². The SMILES string of the molecule is [2H]c1c([2H])c([C@H](CC[C@H]2C(=O)N(c3ccc(F)cc3)[C@@H]2c2ccc(O)cc2)O[C@@H]2O[C@H](C(=O)O)[C@@H](O)[C@H](O)[C@H]2O)c([2H])c([2H])c1F. The van der Waals surface area contributed by atoms with Crippen LogP contribution >= 0.6 is 0 Å². The number of hydrogen-bond acceptors (Lipinski definition) is 8. The average molecular weight is 590 g/mol. The highest BCUT2D eigenvalue weighted by Crippen LogP contribution is 2.47. The minimum absolute atomic E-state index is 0.0367. The molecule has 42 heavy (non-hydrogen) atoms. The molecular formula is C30H29F2NO9. The third-order valence-corrected chi connectivity index (χ3v) is 7.34. The number of phenolic OH excluding ortho intramolecular Hbond substituents is 1. The van der Waals surface area contributed by atoms with Gasteiger partial charge in [0, 0.05) is 5.69 Å². The maximum atomic E-state index is 14.4. The molecule has 2 heterocycles. The standard InChI is InChI=1S/C30H29F2NO9/c31-17-5-1-15(2-6-17)22(41-30-26(37)24(35)25(36)27(42-30)29(39)40)14-13-21-23(16-3-11-20(34)12-4-16)33(28(21)38)19-9-7-18(32)8-10-19/h1-12,21-27,30,34-37H,13-14H2,(H,39,40)/t21-,22+,23-,24+,25+,26-,27+,30-/m1/s1/i1D,2D,5D,6D. The van der Waals surface area contributed by atoms with Crippen LogP contribution in [-0.2, 0) is 19.1 Å². The van der Waals surface area contributed by atoms with E-state index in [4.69, 9.17) is 15.0 Å². The van der Waals surface area contributed by atoms with Gasteiger partial charge in [-0.1, -0.05) is 24.2 Å². The summed E-state index contributed by atoms with van der Waals surface area (Å²) in [6.07, 6.45) is -12.1. The van der Waals surface area contributed by atoms with Gasteiger partial charge in [-0.05, 0) is 72.5 Å². The van der Waals surface area contributed by atoms with Gasteiger partial charge in [-0.2, -0.15) is 0 Å². The van der Waals surface area contributed by atoms with Crippen LogP contribution in [0.5, 0.6) is 5.75 Å². The third kappa shape index (κ3) is 5.85. The highest BCUT2D eigenvalue weighted by molar-refractivity contribution is 6.03. The van der Waals surface area contributed by atoms with Crippen molar-refractivity contribution < 1.29 is 58.9 Å². The number of carboxylic acids is 1. The number of anilines is 1. The number of ether oxygens (including phenoxy) is 2. The lowest BCUT2D eigenvalue weighted by atomic mass is 9.78. The Balaban J connectivity index is 1.50. The fourth-order valence-corrected chi connectivity index (χ4v) is 5.18. The zero-order chi connectivity index (χ0) is 33.6. The smallest absolute Gasteiger partial charge is 0.335 e. The number of nitrogens with zero attached hydrogens (tertiary/aromatic N) is 1. The normalized spacial score (nSPS) is 29.6. The molecule has 2 aliphatic rings. The lowest BCUT2D eigenvalue weighted by Crippen LogP contribution is -2.60. The first-order valence-corrected chi connectivity index (χ1v) is 12.9. The van der Waals surface area contributed by atoms with Crippen LogP contribution in [0, 0.1) is 17.6 Å². The van der Waals surface area contributed by atoms with E-state index < -0.39 is 102 Å². The molecule has 10 nitrogen and oxygen atoms in total. The molecule has 3 aromatic carbocycles. The molecule has 0 aliphatic carbocycles. The topological polar surface area (TPSA) is 157 Å². The Hall–Kier alpha value is -3.94. The Kier molecular flexibility index (Phi) is 7.11. The van der Waals surface area contributed by atoms with Crippen molar-refractivity contribution in [3.63, 3.8) is 0 Å². The van der Waals surface area contributed by atoms with Gasteiger partial charge in [-0.3, -0.25) is 4.79 Å². The zero-order valence-corrected chi connectivity index (χ0v) is 21.7. The molecule has 2 aliphatic heterocycles. The molecule has 5 N–H and O–H groups in total. The van der Waals surface area contributed by atoms with E-state index in [0.717, 1.165) is 0 Å². The first-order chi connectivity index (χ1) is 21.7. The summed E-state index contributed by atoms with van der Waals surface area (Å²) in [5, 5.41) is 50.2. The van der Waals surface area contributed by atoms with Crippen molar-refractivity contribution in [2.24, 2.45) is 5.92 Å². The number of carbonyl (C=O) groups is 2. The molecule has 0 radical (unpaired) electrons. The van der Waals surface area contributed by atoms with Crippen LogP contribution in [0.25, 0.3) is 0 Å². The van der Waals surface area contributed by atoms with E-state index in [1.807, 2.05) is 0 Å². The Bertz CT molecular complexity index is 1600. The minimum Gasteiger partial charge on any atom is -0.508 e. The predicted molar refractivity (Wildman–Crippen MR) is 142 cm³/mol. The summed E-state index contributed by atoms with van der Waals surface area (Å²) < 4.78 is 71.7. The van der Waals surface area contributed by atoms with Crippen LogP contribution < -0.4 is 4.90 Å². The van der Waals surface area contributed by atoms with Gasteiger partial charge in [0.25, 0.3) is 0 Å². The van der Waals surface area contributed by atoms with Gasteiger partial charge >= 0.3 is 5.97 Å². The summed E-state index contributed by atoms with van der Waals surface area (Å²) in [6.45, 7) is 0. The highest BCUT2D eigenvalue weighted by atomic mass is 19.1. The van der Waals surface area contributed by atoms with Gasteiger partial charge in [0.05, 0.1) is 23.5 Å². The number of halogens is 2. The van der Waals surface area contributed by atoms with E-state index in [-0.39, 0.29) is 18.6 Å². The maximum Gasteiger partial charge on any atom is 0.335 e. The number of β-lactam (4-membered cyclic amide) rings is 1. The second-order valence-electron chi connectivity index (χ2n) is 9.99. The quantitative estimate of drug-likeness (QED) is 0.237. The number of hydrogen-bond donors (Lipinski definition) is 5. The molecule has 0 bridgehead atoms. The van der Waals surface area contributed by atoms with Crippen molar-refractivity contribution in [3.8, 4) is 5.75 Å². The van der Waals surface area contributed by atoms with E-state index >= 15 is 0 Å². The molecule has 2 saturated heterocycles. The molecule has 1 amide bonds. The van der Waals surface area contributed by atoms with Crippen molar-refractivity contribution in [2.75, 3.05) is 4.90 Å². The van der Waals surface area contributed by atoms with Gasteiger partial charge in [-0.15, -0.1) is 0 Å². The maximum absolute atomic E-state index is 14.4. The molecule has 0 aromatic heterocycles. The van der Waals surface area contributed by atoms with E-state index in [1.54, 1.807) is 12.1 Å². The van der Waals surface area contributed by atoms with E-state index in [1.165, 1.54) is 41.3 Å². The van der Waals surface area contributed by atoms with Gasteiger partial charge in [0.2, 0.25) is 5.91 Å². The van der Waals surface area contributed by atoms with Crippen LogP contribution in [0.15, 0.2) is 72.7 Å². The van der Waals surface area contributed by atoms with Gasteiger partial charge in [0.1, 0.15) is 35.7 Å². The molecule has 8 atom stereocenters. The first-order valence-electron chi connectivity index (χ1n) is 14.9. The van der Waals surface area contributed by atoms with Crippen molar-refractivity contribution in [1.29, 1.82) is 0 Å². The first kappa shape index (κ1) is 24.6. The van der Waals surface area contributed by atoms with Crippen LogP contribution in [0.1, 0.15) is 41.6 Å². The number of aliphatic hydroxyl groups excluding tert-OH is 3. The Morgan fingerprint density at radius 2 is 1.60 bits per heavy atom. The number of aromatic hydroxyl groups is 1. The Morgan fingerprint density at radius 3 is 2.21 bits per heavy atom. The molecule has 2 fully saturated rings. The average Bonchev–Trinajstić information content (AvgIpc) is 3.03. The summed E-state index contributed by atoms with van der Waals surface area (Å²) in [6, 6.07) is 6.75. The van der Waals surface area contributed by atoms with Gasteiger partial charge in [-0.25, -0.2) is 13.6 Å². The van der Waals surface area contributed by atoms with Crippen molar-refractivity contribution in [3.05, 3.63) is 95.5 Å². The molecule has 3 aromatic rings. The highest BCUT2D eigenvalue weighted by Gasteiger charge is 2.50. The monoisotopic (exact) mass is 589 g/mol. The molecular weight excluding hydrogens is 556 g/mol. The third-order valence-electron chi connectivity index (χ3n) is 7.34. The summed E-state index contributed by atoms with van der Waals surface area (Å²) in [5.74, 6) is -4.94. The Morgan fingerprint density at radius 1 is 0.952 bits per heavy atom. The molecule has 0 saturated carbocycles. The van der Waals surface area contributed by atoms with Crippen LogP contribution in [0.2, 0.25) is 0 Å². The number of amides is 1. The van der Waals surface area contributed by atoms with Gasteiger partial charge in [0.15, 0.2) is 12.4 Å². The summed E-state index contributed by atoms with van der Waals surface area (Å²) in [7, 11) is 0. The van der Waals surface area contributed by atoms with Crippen molar-refractivity contribution in [2.45, 2.75) is 55.7 Å². The number of phenols is 1. The zero-order valence-electron chi connectivity index (χ0n) is 25.7. The van der Waals surface area contributed by atoms with E-state index in [2.05, 4.69) is 0 Å². The molecule has 222 valence electrons. The van der Waals surface area contributed by atoms with E-state index in [0.29, 0.717) is 11.3 Å². The van der Waals surface area contributed by atoms with Crippen LogP contribution in [0.4, 0.5) is 14.5 Å². The number of benzene rings is 3. The summed E-state index contributed by atoms with van der Waals surface area (Å²) in [4.78, 5) is 26.6. The van der Waals surface area contributed by atoms with Crippen LogP contribution in [-0.4, -0.2) is 68.1 Å². The van der Waals surface area contributed by atoms with Gasteiger partial charge < -0.3 is 39.9 Å². The second kappa shape index (κ2) is 12.1. The van der Waals surface area contributed by atoms with E-state index in [9.17, 15) is 43.9 Å². The van der Waals surface area contributed by atoms with Crippen LogP contribution in [0.3, 0.4) is 0 Å². The lowest BCUT2D eigenvalue weighted by Gasteiger charge is -2.48. The number of rotatable bonds is 9. The largest absolute Gasteiger partial charge is 0.508 e. The number of carbonyl (C=O) groups excluding carboxylic acids is 1. The summed E-state index contributed by atoms with van der Waals surface area (Å²) >= 11 is 0. The lowest BCUT2D eigenvalue weighted by molar-refractivity contribution is -0.306. The van der Waals surface area contributed by atoms with Crippen molar-refractivity contribution >= 4 is 17.6 Å². The minimum atomic E-state index is -2.06. The molecule has 5 rings (SSSR count). The fraction of sp³-hybridized carbons (Fsp3) is 0.333. The fourth-order valence-electron chi connectivity index (χ4n) is 5.18.